The van der Waals surface area contributed by atoms with Crippen LogP contribution in [0.15, 0.2) is 0 Å². The lowest BCUT2D eigenvalue weighted by molar-refractivity contribution is -0.143. The maximum Gasteiger partial charge on any atom is 0.246 e. The Morgan fingerprint density at radius 1 is 1.27 bits per heavy atom. The summed E-state index contributed by atoms with van der Waals surface area (Å²) in [7, 11) is 0. The molecule has 4 atom stereocenters. The molecule has 3 aliphatic rings. The molecule has 33 heavy (non-hydrogen) atoms. The summed E-state index contributed by atoms with van der Waals surface area (Å²) < 4.78 is -0.260. The van der Waals surface area contributed by atoms with Crippen LogP contribution in [-0.2, 0) is 19.2 Å². The molecular weight excluding hydrogens is 462 g/mol. The van der Waals surface area contributed by atoms with Crippen molar-refractivity contribution in [3.63, 3.8) is 0 Å². The fourth-order valence-electron chi connectivity index (χ4n) is 4.59. The number of rotatable bonds is 6. The van der Waals surface area contributed by atoms with Crippen molar-refractivity contribution in [2.45, 2.75) is 69.2 Å². The lowest BCUT2D eigenvalue weighted by atomic mass is 9.85. The Bertz CT molecular complexity index is 847. The minimum absolute atomic E-state index is 0.0943. The summed E-state index contributed by atoms with van der Waals surface area (Å²) >= 11 is 3.53. The van der Waals surface area contributed by atoms with Crippen molar-refractivity contribution >= 4 is 47.2 Å². The van der Waals surface area contributed by atoms with Crippen molar-refractivity contribution in [2.75, 3.05) is 24.6 Å². The third-order valence-electron chi connectivity index (χ3n) is 6.31. The highest BCUT2D eigenvalue weighted by Crippen LogP contribution is 2.52. The van der Waals surface area contributed by atoms with E-state index in [0.717, 1.165) is 11.5 Å². The Kier molecular flexibility index (Phi) is 7.89. The summed E-state index contributed by atoms with van der Waals surface area (Å²) in [4.78, 5) is 52.3. The molecule has 3 aliphatic heterocycles. The second kappa shape index (κ2) is 10.1. The van der Waals surface area contributed by atoms with Crippen LogP contribution in [0.25, 0.3) is 0 Å². The molecule has 0 saturated carbocycles. The van der Waals surface area contributed by atoms with E-state index in [2.05, 4.69) is 22.0 Å². The second-order valence-corrected chi connectivity index (χ2v) is 13.2. The SMILES string of the molecule is CC(=O)N[C@H](C(=O)N1CC2(C[C@H]1C(=O)N[C@H](C#N)C[C@@H]1CCNC1=O)SCCS2)C(C)(C)C. The van der Waals surface area contributed by atoms with Crippen LogP contribution < -0.4 is 16.0 Å². The van der Waals surface area contributed by atoms with Crippen molar-refractivity contribution < 1.29 is 19.2 Å². The molecule has 3 N–H and O–H groups in total. The van der Waals surface area contributed by atoms with Gasteiger partial charge in [-0.15, -0.1) is 23.5 Å². The highest BCUT2D eigenvalue weighted by Gasteiger charge is 2.53. The van der Waals surface area contributed by atoms with E-state index in [1.165, 1.54) is 6.92 Å². The van der Waals surface area contributed by atoms with Gasteiger partial charge in [0.1, 0.15) is 18.1 Å². The largest absolute Gasteiger partial charge is 0.356 e. The molecule has 0 unspecified atom stereocenters. The van der Waals surface area contributed by atoms with Gasteiger partial charge in [-0.05, 0) is 18.3 Å². The predicted octanol–water partition coefficient (Wildman–Crippen LogP) is 0.849. The van der Waals surface area contributed by atoms with E-state index in [4.69, 9.17) is 0 Å². The van der Waals surface area contributed by atoms with Crippen molar-refractivity contribution in [3.8, 4) is 6.07 Å². The van der Waals surface area contributed by atoms with Gasteiger partial charge in [-0.25, -0.2) is 0 Å². The number of amides is 4. The van der Waals surface area contributed by atoms with Gasteiger partial charge in [0.05, 0.1) is 10.1 Å². The molecule has 0 radical (unpaired) electrons. The predicted molar refractivity (Wildman–Crippen MR) is 128 cm³/mol. The van der Waals surface area contributed by atoms with Gasteiger partial charge >= 0.3 is 0 Å². The molecule has 11 heteroatoms. The first kappa shape index (κ1) is 25.7. The van der Waals surface area contributed by atoms with Gasteiger partial charge < -0.3 is 20.9 Å². The average molecular weight is 496 g/mol. The first-order valence-electron chi connectivity index (χ1n) is 11.3. The highest BCUT2D eigenvalue weighted by atomic mass is 32.2. The van der Waals surface area contributed by atoms with Gasteiger partial charge in [0.25, 0.3) is 0 Å². The van der Waals surface area contributed by atoms with Crippen molar-refractivity contribution in [1.82, 2.24) is 20.9 Å². The lowest BCUT2D eigenvalue weighted by Crippen LogP contribution is -2.58. The number of likely N-dealkylation sites (tertiary alicyclic amines) is 1. The number of thioether (sulfide) groups is 2. The molecule has 9 nitrogen and oxygen atoms in total. The molecular formula is C22H33N5O4S2. The average Bonchev–Trinajstić information content (AvgIpc) is 3.46. The number of nitrogens with zero attached hydrogens (tertiary/aromatic N) is 2. The number of carbonyl (C=O) groups is 4. The number of nitriles is 1. The fraction of sp³-hybridized carbons (Fsp3) is 0.773. The lowest BCUT2D eigenvalue weighted by Gasteiger charge is -2.35. The molecule has 3 heterocycles. The summed E-state index contributed by atoms with van der Waals surface area (Å²) in [6, 6.07) is -0.215. The molecule has 0 aromatic carbocycles. The molecule has 0 aliphatic carbocycles. The number of carbonyl (C=O) groups excluding carboxylic acids is 4. The molecule has 182 valence electrons. The van der Waals surface area contributed by atoms with Crippen LogP contribution in [0.2, 0.25) is 0 Å². The van der Waals surface area contributed by atoms with Crippen molar-refractivity contribution in [3.05, 3.63) is 0 Å². The van der Waals surface area contributed by atoms with Crippen molar-refractivity contribution in [1.29, 1.82) is 5.26 Å². The van der Waals surface area contributed by atoms with Gasteiger partial charge in [-0.3, -0.25) is 19.2 Å². The minimum atomic E-state index is -0.808. The maximum absolute atomic E-state index is 13.7. The first-order valence-corrected chi connectivity index (χ1v) is 13.3. The molecule has 1 spiro atoms. The zero-order chi connectivity index (χ0) is 24.4. The number of hydrogen-bond donors (Lipinski definition) is 3. The van der Waals surface area contributed by atoms with Crippen LogP contribution in [0.1, 0.15) is 47.0 Å². The zero-order valence-electron chi connectivity index (χ0n) is 19.6. The zero-order valence-corrected chi connectivity index (χ0v) is 21.2. The third kappa shape index (κ3) is 5.96. The smallest absolute Gasteiger partial charge is 0.246 e. The summed E-state index contributed by atoms with van der Waals surface area (Å²) in [5.41, 5.74) is -0.541. The topological polar surface area (TPSA) is 131 Å². The molecule has 3 saturated heterocycles. The van der Waals surface area contributed by atoms with E-state index in [0.29, 0.717) is 25.9 Å². The number of hydrogen-bond acceptors (Lipinski definition) is 7. The van der Waals surface area contributed by atoms with Crippen LogP contribution in [0.5, 0.6) is 0 Å². The van der Waals surface area contributed by atoms with Gasteiger partial charge in [-0.1, -0.05) is 20.8 Å². The van der Waals surface area contributed by atoms with Crippen LogP contribution in [0, 0.1) is 22.7 Å². The summed E-state index contributed by atoms with van der Waals surface area (Å²) in [6.07, 6.45) is 1.38. The Morgan fingerprint density at radius 3 is 2.45 bits per heavy atom. The van der Waals surface area contributed by atoms with Crippen LogP contribution in [0.3, 0.4) is 0 Å². The first-order chi connectivity index (χ1) is 15.5. The minimum Gasteiger partial charge on any atom is -0.356 e. The van der Waals surface area contributed by atoms with E-state index >= 15 is 0 Å². The summed E-state index contributed by atoms with van der Waals surface area (Å²) in [5.74, 6) is 0.541. The van der Waals surface area contributed by atoms with Crippen LogP contribution in [-0.4, -0.2) is 75.3 Å². The standard InChI is InChI=1S/C22H33N5O4S2/c1-13(28)25-17(21(2,3)4)20(31)27-12-22(32-7-8-33-22)10-16(27)19(30)26-15(11-23)9-14-5-6-24-18(14)29/h14-17H,5-10,12H2,1-4H3,(H,24,29)(H,25,28)(H,26,30)/t14-,15-,16-,17+/m0/s1. The van der Waals surface area contributed by atoms with Crippen LogP contribution in [0.4, 0.5) is 0 Å². The van der Waals surface area contributed by atoms with Crippen LogP contribution >= 0.6 is 23.5 Å². The fourth-order valence-corrected chi connectivity index (χ4v) is 7.85. The van der Waals surface area contributed by atoms with Crippen molar-refractivity contribution in [2.24, 2.45) is 11.3 Å². The van der Waals surface area contributed by atoms with Gasteiger partial charge in [-0.2, -0.15) is 5.26 Å². The molecule has 3 fully saturated rings. The monoisotopic (exact) mass is 495 g/mol. The Morgan fingerprint density at radius 2 is 1.94 bits per heavy atom. The Labute approximate surface area is 203 Å². The quantitative estimate of drug-likeness (QED) is 0.498. The third-order valence-corrected chi connectivity index (χ3v) is 9.73. The highest BCUT2D eigenvalue weighted by molar-refractivity contribution is 8.21. The molecule has 3 rings (SSSR count). The summed E-state index contributed by atoms with van der Waals surface area (Å²) in [6.45, 7) is 8.00. The van der Waals surface area contributed by atoms with Gasteiger partial charge in [0.2, 0.25) is 23.6 Å². The molecule has 0 aromatic rings. The molecule has 0 aromatic heterocycles. The number of nitrogens with one attached hydrogen (secondary N) is 3. The van der Waals surface area contributed by atoms with Gasteiger partial charge in [0, 0.05) is 43.9 Å². The Hall–Kier alpha value is -1.93. The Balaban J connectivity index is 1.80. The van der Waals surface area contributed by atoms with E-state index in [1.807, 2.05) is 20.8 Å². The normalized spacial score (nSPS) is 25.9. The molecule has 4 amide bonds. The van der Waals surface area contributed by atoms with E-state index in [1.54, 1.807) is 28.4 Å². The van der Waals surface area contributed by atoms with E-state index < -0.39 is 23.5 Å². The summed E-state index contributed by atoms with van der Waals surface area (Å²) in [5, 5.41) is 17.9. The van der Waals surface area contributed by atoms with E-state index in [9.17, 15) is 24.4 Å². The second-order valence-electron chi connectivity index (χ2n) is 10.00. The molecule has 0 bridgehead atoms. The van der Waals surface area contributed by atoms with Gasteiger partial charge in [0.15, 0.2) is 0 Å². The van der Waals surface area contributed by atoms with E-state index in [-0.39, 0.29) is 40.0 Å². The maximum atomic E-state index is 13.7.